The van der Waals surface area contributed by atoms with Gasteiger partial charge in [-0.05, 0) is 30.2 Å². The maximum Gasteiger partial charge on any atom is 0.326 e. The van der Waals surface area contributed by atoms with Gasteiger partial charge in [0.2, 0.25) is 0 Å². The fourth-order valence-electron chi connectivity index (χ4n) is 2.13. The predicted octanol–water partition coefficient (Wildman–Crippen LogP) is 3.90. The molecule has 1 saturated heterocycles. The van der Waals surface area contributed by atoms with Gasteiger partial charge in [0.15, 0.2) is 0 Å². The molecule has 2 rings (SSSR count). The molecule has 4 nitrogen and oxygen atoms in total. The van der Waals surface area contributed by atoms with Gasteiger partial charge in [-0.25, -0.2) is 4.79 Å². The van der Waals surface area contributed by atoms with E-state index < -0.39 is 12.0 Å². The molecule has 0 radical (unpaired) electrons. The summed E-state index contributed by atoms with van der Waals surface area (Å²) in [6, 6.07) is 6.62. The summed E-state index contributed by atoms with van der Waals surface area (Å²) in [4.78, 5) is 25.6. The topological polar surface area (TPSA) is 57.6 Å². The molecule has 1 atom stereocenters. The van der Waals surface area contributed by atoms with Gasteiger partial charge in [0.25, 0.3) is 5.91 Å². The van der Waals surface area contributed by atoms with E-state index in [1.54, 1.807) is 6.08 Å². The SMILES string of the molecule is CCC[C@@H](C(=O)O)N1C(=O)/C(=C/c2cccc(Br)c2)SC1=S. The van der Waals surface area contributed by atoms with Crippen molar-refractivity contribution >= 4 is 62.2 Å². The number of carboxylic acid groups (broad SMARTS) is 1. The number of hydrogen-bond donors (Lipinski definition) is 1. The van der Waals surface area contributed by atoms with E-state index in [0.717, 1.165) is 21.8 Å². The van der Waals surface area contributed by atoms with Crippen LogP contribution >= 0.6 is 39.9 Å². The Kier molecular flexibility index (Phi) is 5.77. The number of aliphatic carboxylic acids is 1. The average Bonchev–Trinajstić information content (AvgIpc) is 2.71. The molecule has 0 bridgehead atoms. The molecule has 0 saturated carbocycles. The lowest BCUT2D eigenvalue weighted by atomic mass is 10.1. The van der Waals surface area contributed by atoms with E-state index in [1.165, 1.54) is 4.90 Å². The van der Waals surface area contributed by atoms with Gasteiger partial charge in [-0.1, -0.05) is 65.4 Å². The lowest BCUT2D eigenvalue weighted by Gasteiger charge is -2.22. The Morgan fingerprint density at radius 3 is 2.86 bits per heavy atom. The molecule has 116 valence electrons. The Morgan fingerprint density at radius 2 is 2.27 bits per heavy atom. The van der Waals surface area contributed by atoms with Crippen LogP contribution < -0.4 is 0 Å². The number of carbonyl (C=O) groups excluding carboxylic acids is 1. The quantitative estimate of drug-likeness (QED) is 0.600. The molecular weight excluding hydrogens is 386 g/mol. The van der Waals surface area contributed by atoms with Crippen LogP contribution in [0.4, 0.5) is 0 Å². The van der Waals surface area contributed by atoms with Crippen LogP contribution in [-0.4, -0.2) is 32.2 Å². The van der Waals surface area contributed by atoms with Crippen molar-refractivity contribution in [1.29, 1.82) is 0 Å². The Morgan fingerprint density at radius 1 is 1.55 bits per heavy atom. The molecule has 22 heavy (non-hydrogen) atoms. The summed E-state index contributed by atoms with van der Waals surface area (Å²) in [5, 5.41) is 9.32. The Bertz CT molecular complexity index is 660. The number of thiocarbonyl (C=S) groups is 1. The second-order valence-corrected chi connectivity index (χ2v) is 7.34. The number of halogens is 1. The van der Waals surface area contributed by atoms with Crippen LogP contribution in [0, 0.1) is 0 Å². The minimum absolute atomic E-state index is 0.298. The van der Waals surface area contributed by atoms with Crippen molar-refractivity contribution in [2.45, 2.75) is 25.8 Å². The molecule has 1 fully saturated rings. The lowest BCUT2D eigenvalue weighted by Crippen LogP contribution is -2.43. The molecule has 7 heteroatoms. The Hall–Kier alpha value is -1.18. The van der Waals surface area contributed by atoms with Crippen LogP contribution in [0.5, 0.6) is 0 Å². The number of nitrogens with zero attached hydrogens (tertiary/aromatic N) is 1. The van der Waals surface area contributed by atoms with Gasteiger partial charge in [0.1, 0.15) is 10.4 Å². The second-order valence-electron chi connectivity index (χ2n) is 4.75. The number of benzene rings is 1. The Balaban J connectivity index is 2.30. The third-order valence-corrected chi connectivity index (χ3v) is 4.95. The number of thioether (sulfide) groups is 1. The molecule has 1 heterocycles. The van der Waals surface area contributed by atoms with E-state index in [1.807, 2.05) is 31.2 Å². The highest BCUT2D eigenvalue weighted by Gasteiger charge is 2.39. The molecule has 1 N–H and O–H groups in total. The number of hydrogen-bond acceptors (Lipinski definition) is 4. The van der Waals surface area contributed by atoms with Crippen molar-refractivity contribution in [3.63, 3.8) is 0 Å². The van der Waals surface area contributed by atoms with Gasteiger partial charge in [-0.2, -0.15) is 0 Å². The van der Waals surface area contributed by atoms with Gasteiger partial charge >= 0.3 is 5.97 Å². The van der Waals surface area contributed by atoms with Crippen molar-refractivity contribution in [3.8, 4) is 0 Å². The summed E-state index contributed by atoms with van der Waals surface area (Å²) in [6.07, 6.45) is 2.78. The van der Waals surface area contributed by atoms with Crippen molar-refractivity contribution in [3.05, 3.63) is 39.2 Å². The molecule has 1 aromatic carbocycles. The van der Waals surface area contributed by atoms with Crippen molar-refractivity contribution in [1.82, 2.24) is 4.90 Å². The number of rotatable bonds is 5. The summed E-state index contributed by atoms with van der Waals surface area (Å²) >= 11 is 9.72. The summed E-state index contributed by atoms with van der Waals surface area (Å²) in [7, 11) is 0. The van der Waals surface area contributed by atoms with Gasteiger partial charge in [-0.3, -0.25) is 9.69 Å². The zero-order chi connectivity index (χ0) is 16.3. The first kappa shape index (κ1) is 17.2. The van der Waals surface area contributed by atoms with Gasteiger partial charge in [-0.15, -0.1) is 0 Å². The van der Waals surface area contributed by atoms with Crippen molar-refractivity contribution in [2.75, 3.05) is 0 Å². The van der Waals surface area contributed by atoms with E-state index in [4.69, 9.17) is 12.2 Å². The lowest BCUT2D eigenvalue weighted by molar-refractivity contribution is -0.145. The number of amides is 1. The highest BCUT2D eigenvalue weighted by Crippen LogP contribution is 2.35. The minimum Gasteiger partial charge on any atom is -0.480 e. The third-order valence-electron chi connectivity index (χ3n) is 3.13. The van der Waals surface area contributed by atoms with E-state index in [9.17, 15) is 14.7 Å². The first-order chi connectivity index (χ1) is 10.4. The summed E-state index contributed by atoms with van der Waals surface area (Å²) in [5.41, 5.74) is 0.859. The summed E-state index contributed by atoms with van der Waals surface area (Å²) in [5.74, 6) is -1.36. The van der Waals surface area contributed by atoms with Crippen LogP contribution in [0.2, 0.25) is 0 Å². The maximum atomic E-state index is 12.5. The third kappa shape index (κ3) is 3.77. The van der Waals surface area contributed by atoms with Crippen LogP contribution in [0.25, 0.3) is 6.08 Å². The highest BCUT2D eigenvalue weighted by molar-refractivity contribution is 9.10. The standard InChI is InChI=1S/C15H14BrNO3S2/c1-2-4-11(14(19)20)17-13(18)12(22-15(17)21)8-9-5-3-6-10(16)7-9/h3,5-8,11H,2,4H2,1H3,(H,19,20)/b12-8-/t11-/m0/s1. The zero-order valence-electron chi connectivity index (χ0n) is 11.8. The first-order valence-corrected chi connectivity index (χ1v) is 8.71. The normalized spacial score (nSPS) is 18.1. The average molecular weight is 400 g/mol. The molecule has 0 aliphatic carbocycles. The molecular formula is C15H14BrNO3S2. The van der Waals surface area contributed by atoms with Gasteiger partial charge in [0.05, 0.1) is 4.91 Å². The highest BCUT2D eigenvalue weighted by atomic mass is 79.9. The van der Waals surface area contributed by atoms with E-state index >= 15 is 0 Å². The van der Waals surface area contributed by atoms with Crippen molar-refractivity contribution < 1.29 is 14.7 Å². The van der Waals surface area contributed by atoms with Crippen LogP contribution in [0.15, 0.2) is 33.6 Å². The van der Waals surface area contributed by atoms with Crippen LogP contribution in [0.3, 0.4) is 0 Å². The molecule has 1 amide bonds. The number of carboxylic acids is 1. The molecule has 0 unspecified atom stereocenters. The molecule has 0 spiro atoms. The smallest absolute Gasteiger partial charge is 0.326 e. The molecule has 1 aliphatic heterocycles. The van der Waals surface area contributed by atoms with E-state index in [-0.39, 0.29) is 5.91 Å². The van der Waals surface area contributed by atoms with Crippen LogP contribution in [0.1, 0.15) is 25.3 Å². The first-order valence-electron chi connectivity index (χ1n) is 6.69. The fraction of sp³-hybridized carbons (Fsp3) is 0.267. The van der Waals surface area contributed by atoms with E-state index in [0.29, 0.717) is 22.1 Å². The minimum atomic E-state index is -1.03. The van der Waals surface area contributed by atoms with Gasteiger partial charge in [0, 0.05) is 4.47 Å². The van der Waals surface area contributed by atoms with E-state index in [2.05, 4.69) is 15.9 Å². The zero-order valence-corrected chi connectivity index (χ0v) is 15.0. The summed E-state index contributed by atoms with van der Waals surface area (Å²) < 4.78 is 1.21. The second kappa shape index (κ2) is 7.39. The maximum absolute atomic E-state index is 12.5. The van der Waals surface area contributed by atoms with Crippen molar-refractivity contribution in [2.24, 2.45) is 0 Å². The number of carbonyl (C=O) groups is 2. The summed E-state index contributed by atoms with van der Waals surface area (Å²) in [6.45, 7) is 1.88. The molecule has 0 aromatic heterocycles. The largest absolute Gasteiger partial charge is 0.480 e. The Labute approximate surface area is 146 Å². The van der Waals surface area contributed by atoms with Gasteiger partial charge < -0.3 is 5.11 Å². The molecule has 1 aromatic rings. The molecule has 1 aliphatic rings. The monoisotopic (exact) mass is 399 g/mol. The fourth-order valence-corrected chi connectivity index (χ4v) is 3.91. The predicted molar refractivity (Wildman–Crippen MR) is 95.5 cm³/mol. The van der Waals surface area contributed by atoms with Crippen LogP contribution in [-0.2, 0) is 9.59 Å².